The Labute approximate surface area is 213 Å². The zero-order valence-corrected chi connectivity index (χ0v) is 21.8. The fraction of sp³-hybridized carbons (Fsp3) is 0.0870. The Morgan fingerprint density at radius 3 is 2.68 bits per heavy atom. The fourth-order valence-electron chi connectivity index (χ4n) is 2.79. The zero-order chi connectivity index (χ0) is 24.1. The molecule has 1 N–H and O–H groups in total. The Bertz CT molecular complexity index is 1440. The van der Waals surface area contributed by atoms with Crippen molar-refractivity contribution in [3.05, 3.63) is 82.3 Å². The van der Waals surface area contributed by atoms with Gasteiger partial charge in [-0.05, 0) is 70.9 Å². The minimum absolute atomic E-state index is 0.0714. The van der Waals surface area contributed by atoms with Gasteiger partial charge in [-0.15, -0.1) is 11.3 Å². The van der Waals surface area contributed by atoms with Crippen LogP contribution in [0.5, 0.6) is 5.75 Å². The highest BCUT2D eigenvalue weighted by Gasteiger charge is 2.18. The van der Waals surface area contributed by atoms with E-state index in [0.29, 0.717) is 10.0 Å². The van der Waals surface area contributed by atoms with Gasteiger partial charge in [0.1, 0.15) is 4.90 Å². The smallest absolute Gasteiger partial charge is 0.339 e. The lowest BCUT2D eigenvalue weighted by atomic mass is 10.2. The number of aromatic nitrogens is 1. The second kappa shape index (κ2) is 10.7. The molecule has 0 saturated carbocycles. The summed E-state index contributed by atoms with van der Waals surface area (Å²) in [6.45, 7) is 1.87. The summed E-state index contributed by atoms with van der Waals surface area (Å²) in [4.78, 5) is 16.6. The van der Waals surface area contributed by atoms with Gasteiger partial charge in [0.05, 0.1) is 26.7 Å². The number of nitrogens with zero attached hydrogens (tertiary/aromatic N) is 2. The SMILES string of the molecule is Cc1ccc(S(=O)(=O)Oc2ccc(/C=N\NC(=O)CSc3nc4ccccc4s3)cc2Br)cc1. The van der Waals surface area contributed by atoms with Gasteiger partial charge in [0.2, 0.25) is 0 Å². The van der Waals surface area contributed by atoms with Crippen molar-refractivity contribution >= 4 is 71.5 Å². The van der Waals surface area contributed by atoms with Gasteiger partial charge in [0.25, 0.3) is 5.91 Å². The molecule has 11 heteroatoms. The minimum atomic E-state index is -3.96. The van der Waals surface area contributed by atoms with Crippen LogP contribution in [-0.2, 0) is 14.9 Å². The lowest BCUT2D eigenvalue weighted by Crippen LogP contribution is -2.19. The standard InChI is InChI=1S/C23H18BrN3O4S3/c1-15-6-9-17(10-7-15)34(29,30)31-20-11-8-16(12-18(20)24)13-25-27-22(28)14-32-23-26-19-4-2-3-5-21(19)33-23/h2-13H,14H2,1H3,(H,27,28)/b25-13-. The maximum absolute atomic E-state index is 12.5. The number of amides is 1. The molecule has 7 nitrogen and oxygen atoms in total. The first-order chi connectivity index (χ1) is 16.3. The highest BCUT2D eigenvalue weighted by molar-refractivity contribution is 9.10. The predicted molar refractivity (Wildman–Crippen MR) is 139 cm³/mol. The third kappa shape index (κ3) is 6.23. The number of fused-ring (bicyclic) bond motifs is 1. The van der Waals surface area contributed by atoms with Gasteiger partial charge in [-0.2, -0.15) is 13.5 Å². The summed E-state index contributed by atoms with van der Waals surface area (Å²) in [6.07, 6.45) is 1.46. The van der Waals surface area contributed by atoms with E-state index in [1.165, 1.54) is 47.5 Å². The van der Waals surface area contributed by atoms with Crippen molar-refractivity contribution in [3.63, 3.8) is 0 Å². The molecule has 0 radical (unpaired) electrons. The lowest BCUT2D eigenvalue weighted by Gasteiger charge is -2.09. The molecule has 1 aromatic heterocycles. The highest BCUT2D eigenvalue weighted by atomic mass is 79.9. The van der Waals surface area contributed by atoms with Crippen LogP contribution in [0.1, 0.15) is 11.1 Å². The maximum atomic E-state index is 12.5. The van der Waals surface area contributed by atoms with Crippen molar-refractivity contribution in [2.24, 2.45) is 5.10 Å². The molecule has 0 bridgehead atoms. The van der Waals surface area contributed by atoms with Gasteiger partial charge in [-0.1, -0.05) is 41.6 Å². The summed E-state index contributed by atoms with van der Waals surface area (Å²) in [5.41, 5.74) is 4.99. The number of hydrogen-bond donors (Lipinski definition) is 1. The van der Waals surface area contributed by atoms with Gasteiger partial charge in [0, 0.05) is 0 Å². The molecule has 34 heavy (non-hydrogen) atoms. The van der Waals surface area contributed by atoms with E-state index in [1.54, 1.807) is 24.3 Å². The van der Waals surface area contributed by atoms with Gasteiger partial charge in [0.15, 0.2) is 10.1 Å². The van der Waals surface area contributed by atoms with Crippen molar-refractivity contribution in [2.75, 3.05) is 5.75 Å². The van der Waals surface area contributed by atoms with Crippen molar-refractivity contribution in [1.29, 1.82) is 0 Å². The molecule has 4 aromatic rings. The molecule has 0 aliphatic rings. The summed E-state index contributed by atoms with van der Waals surface area (Å²) < 4.78 is 32.6. The third-order valence-electron chi connectivity index (χ3n) is 4.47. The van der Waals surface area contributed by atoms with Crippen molar-refractivity contribution in [3.8, 4) is 5.75 Å². The third-order valence-corrected chi connectivity index (χ3v) is 8.52. The number of nitrogens with one attached hydrogen (secondary N) is 1. The average molecular weight is 577 g/mol. The van der Waals surface area contributed by atoms with Crippen molar-refractivity contribution in [2.45, 2.75) is 16.2 Å². The van der Waals surface area contributed by atoms with Crippen LogP contribution in [0.15, 0.2) is 85.5 Å². The topological polar surface area (TPSA) is 97.7 Å². The molecule has 1 amide bonds. The van der Waals surface area contributed by atoms with Crippen molar-refractivity contribution in [1.82, 2.24) is 10.4 Å². The van der Waals surface area contributed by atoms with Gasteiger partial charge in [-0.3, -0.25) is 4.79 Å². The molecule has 0 saturated heterocycles. The van der Waals surface area contributed by atoms with Crippen LogP contribution in [-0.4, -0.2) is 31.3 Å². The van der Waals surface area contributed by atoms with Gasteiger partial charge in [-0.25, -0.2) is 10.4 Å². The molecular formula is C23H18BrN3O4S3. The predicted octanol–water partition coefficient (Wildman–Crippen LogP) is 5.38. The van der Waals surface area contributed by atoms with Crippen LogP contribution < -0.4 is 9.61 Å². The largest absolute Gasteiger partial charge is 0.378 e. The normalized spacial score (nSPS) is 11.7. The number of carbonyl (C=O) groups is 1. The first-order valence-electron chi connectivity index (χ1n) is 9.91. The van der Waals surface area contributed by atoms with Gasteiger partial charge < -0.3 is 4.18 Å². The number of rotatable bonds is 8. The summed E-state index contributed by atoms with van der Waals surface area (Å²) in [6, 6.07) is 19.0. The fourth-order valence-corrected chi connectivity index (χ4v) is 6.18. The summed E-state index contributed by atoms with van der Waals surface area (Å²) in [5, 5.41) is 3.96. The van der Waals surface area contributed by atoms with Crippen LogP contribution in [0.3, 0.4) is 0 Å². The molecule has 0 fully saturated rings. The monoisotopic (exact) mass is 575 g/mol. The Morgan fingerprint density at radius 2 is 1.94 bits per heavy atom. The minimum Gasteiger partial charge on any atom is -0.378 e. The number of thiazole rings is 1. The summed E-state index contributed by atoms with van der Waals surface area (Å²) in [5.74, 6) is 0.0718. The first kappa shape index (κ1) is 24.4. The second-order valence-electron chi connectivity index (χ2n) is 7.07. The summed E-state index contributed by atoms with van der Waals surface area (Å²) >= 11 is 6.21. The Morgan fingerprint density at radius 1 is 1.18 bits per heavy atom. The van der Waals surface area contributed by atoms with Crippen LogP contribution in [0.25, 0.3) is 10.2 Å². The van der Waals surface area contributed by atoms with E-state index in [0.717, 1.165) is 20.1 Å². The number of benzene rings is 3. The van der Waals surface area contributed by atoms with Crippen molar-refractivity contribution < 1.29 is 17.4 Å². The maximum Gasteiger partial charge on any atom is 0.339 e. The molecule has 3 aromatic carbocycles. The Kier molecular flexibility index (Phi) is 7.67. The second-order valence-corrected chi connectivity index (χ2v) is 11.7. The van der Waals surface area contributed by atoms with E-state index in [9.17, 15) is 13.2 Å². The Balaban J connectivity index is 1.32. The van der Waals surface area contributed by atoms with Crippen LogP contribution >= 0.6 is 39.0 Å². The molecular weight excluding hydrogens is 558 g/mol. The number of hydrazone groups is 1. The zero-order valence-electron chi connectivity index (χ0n) is 17.8. The molecule has 0 unspecified atom stereocenters. The molecule has 0 aliphatic carbocycles. The number of aryl methyl sites for hydroxylation is 1. The lowest BCUT2D eigenvalue weighted by molar-refractivity contribution is -0.118. The van der Waals surface area contributed by atoms with Crippen LogP contribution in [0.2, 0.25) is 0 Å². The van der Waals surface area contributed by atoms with E-state index in [2.05, 4.69) is 31.4 Å². The van der Waals surface area contributed by atoms with E-state index in [-0.39, 0.29) is 22.3 Å². The number of thioether (sulfide) groups is 1. The molecule has 0 aliphatic heterocycles. The summed E-state index contributed by atoms with van der Waals surface area (Å²) in [7, 11) is -3.96. The van der Waals surface area contributed by atoms with E-state index in [4.69, 9.17) is 4.18 Å². The van der Waals surface area contributed by atoms with Crippen LogP contribution in [0, 0.1) is 6.92 Å². The molecule has 174 valence electrons. The first-order valence-corrected chi connectivity index (χ1v) is 13.9. The highest BCUT2D eigenvalue weighted by Crippen LogP contribution is 2.30. The number of halogens is 1. The number of para-hydroxylation sites is 1. The quantitative estimate of drug-likeness (QED) is 0.131. The van der Waals surface area contributed by atoms with Gasteiger partial charge >= 0.3 is 10.1 Å². The molecule has 4 rings (SSSR count). The number of carbonyl (C=O) groups excluding carboxylic acids is 1. The average Bonchev–Trinajstić information content (AvgIpc) is 3.23. The molecule has 1 heterocycles. The Hall–Kier alpha value is -2.73. The van der Waals surface area contributed by atoms with E-state index >= 15 is 0 Å². The molecule has 0 spiro atoms. The van der Waals surface area contributed by atoms with Crippen LogP contribution in [0.4, 0.5) is 0 Å². The van der Waals surface area contributed by atoms with E-state index in [1.807, 2.05) is 31.2 Å². The van der Waals surface area contributed by atoms with E-state index < -0.39 is 10.1 Å². The molecule has 0 atom stereocenters. The number of hydrogen-bond acceptors (Lipinski definition) is 8.